The molecule has 0 saturated heterocycles. The first-order valence-electron chi connectivity index (χ1n) is 6.03. The van der Waals surface area contributed by atoms with Gasteiger partial charge in [0.1, 0.15) is 12.3 Å². The molecule has 0 amide bonds. The lowest BCUT2D eigenvalue weighted by Crippen LogP contribution is -2.01. The summed E-state index contributed by atoms with van der Waals surface area (Å²) in [5, 5.41) is 19.8. The van der Waals surface area contributed by atoms with E-state index < -0.39 is 4.92 Å². The van der Waals surface area contributed by atoms with Crippen LogP contribution in [0.2, 0.25) is 0 Å². The van der Waals surface area contributed by atoms with Gasteiger partial charge in [0.25, 0.3) is 0 Å². The van der Waals surface area contributed by atoms with Crippen LogP contribution < -0.4 is 4.74 Å². The van der Waals surface area contributed by atoms with E-state index in [4.69, 9.17) is 9.84 Å². The highest BCUT2D eigenvalue weighted by Gasteiger charge is 2.17. The maximum atomic E-state index is 10.9. The van der Waals surface area contributed by atoms with Crippen molar-refractivity contribution in [3.63, 3.8) is 0 Å². The van der Waals surface area contributed by atoms with E-state index >= 15 is 0 Å². The number of hydrogen-bond acceptors (Lipinski definition) is 5. The molecule has 6 nitrogen and oxygen atoms in total. The van der Waals surface area contributed by atoms with Gasteiger partial charge in [0.2, 0.25) is 5.75 Å². The van der Waals surface area contributed by atoms with Crippen molar-refractivity contribution in [2.75, 3.05) is 0 Å². The Morgan fingerprint density at radius 3 is 2.45 bits per heavy atom. The summed E-state index contributed by atoms with van der Waals surface area (Å²) in [6.45, 7) is 1.87. The van der Waals surface area contributed by atoms with Crippen LogP contribution in [-0.4, -0.2) is 15.0 Å². The van der Waals surface area contributed by atoms with Crippen molar-refractivity contribution in [2.45, 2.75) is 20.1 Å². The standard InChI is InChI=1S/C14H14N2O4/c1-10-2-7-13(14(15-10)16(18)19)20-9-12-5-3-11(8-17)4-6-12/h2-7,17H,8-9H2,1H3. The average molecular weight is 274 g/mol. The Morgan fingerprint density at radius 1 is 1.20 bits per heavy atom. The van der Waals surface area contributed by atoms with E-state index in [2.05, 4.69) is 4.98 Å². The zero-order chi connectivity index (χ0) is 14.5. The van der Waals surface area contributed by atoms with Crippen molar-refractivity contribution >= 4 is 5.82 Å². The van der Waals surface area contributed by atoms with Crippen LogP contribution in [0, 0.1) is 17.0 Å². The van der Waals surface area contributed by atoms with E-state index in [9.17, 15) is 10.1 Å². The number of nitro groups is 1. The monoisotopic (exact) mass is 274 g/mol. The fourth-order valence-corrected chi connectivity index (χ4v) is 1.68. The van der Waals surface area contributed by atoms with Crippen LogP contribution in [0.25, 0.3) is 0 Å². The quantitative estimate of drug-likeness (QED) is 0.668. The minimum atomic E-state index is -0.558. The van der Waals surface area contributed by atoms with Crippen molar-refractivity contribution in [3.8, 4) is 5.75 Å². The zero-order valence-electron chi connectivity index (χ0n) is 10.9. The van der Waals surface area contributed by atoms with E-state index in [-0.39, 0.29) is 24.8 Å². The number of pyridine rings is 1. The van der Waals surface area contributed by atoms with Crippen LogP contribution in [0.5, 0.6) is 5.75 Å². The van der Waals surface area contributed by atoms with Gasteiger partial charge in [-0.3, -0.25) is 0 Å². The molecule has 0 bridgehead atoms. The lowest BCUT2D eigenvalue weighted by atomic mass is 10.1. The number of benzene rings is 1. The molecular formula is C14H14N2O4. The normalized spacial score (nSPS) is 10.3. The number of aromatic nitrogens is 1. The third-order valence-corrected chi connectivity index (χ3v) is 2.75. The van der Waals surface area contributed by atoms with Gasteiger partial charge in [0.05, 0.1) is 6.61 Å². The Morgan fingerprint density at radius 2 is 1.85 bits per heavy atom. The number of aliphatic hydroxyl groups is 1. The maximum Gasteiger partial charge on any atom is 0.406 e. The first kappa shape index (κ1) is 14.0. The van der Waals surface area contributed by atoms with Crippen LogP contribution in [0.15, 0.2) is 36.4 Å². The molecule has 0 fully saturated rings. The van der Waals surface area contributed by atoms with Crippen LogP contribution in [0.4, 0.5) is 5.82 Å². The minimum absolute atomic E-state index is 0.0194. The maximum absolute atomic E-state index is 10.9. The molecule has 0 aliphatic carbocycles. The van der Waals surface area contributed by atoms with E-state index in [1.165, 1.54) is 0 Å². The number of aliphatic hydroxyl groups excluding tert-OH is 1. The van der Waals surface area contributed by atoms with Crippen LogP contribution in [-0.2, 0) is 13.2 Å². The summed E-state index contributed by atoms with van der Waals surface area (Å²) in [6, 6.07) is 10.4. The molecule has 1 aromatic heterocycles. The van der Waals surface area contributed by atoms with Crippen molar-refractivity contribution < 1.29 is 14.8 Å². The lowest BCUT2D eigenvalue weighted by Gasteiger charge is -2.07. The first-order valence-corrected chi connectivity index (χ1v) is 6.03. The first-order chi connectivity index (χ1) is 9.60. The Labute approximate surface area is 115 Å². The van der Waals surface area contributed by atoms with Gasteiger partial charge in [0, 0.05) is 6.92 Å². The predicted octanol–water partition coefficient (Wildman–Crippen LogP) is 2.37. The van der Waals surface area contributed by atoms with Gasteiger partial charge in [-0.2, -0.15) is 0 Å². The van der Waals surface area contributed by atoms with Gasteiger partial charge in [-0.25, -0.2) is 0 Å². The molecule has 0 aliphatic heterocycles. The molecule has 0 atom stereocenters. The van der Waals surface area contributed by atoms with Gasteiger partial charge < -0.3 is 20.0 Å². The number of ether oxygens (including phenoxy) is 1. The van der Waals surface area contributed by atoms with Gasteiger partial charge in [-0.05, 0) is 33.2 Å². The summed E-state index contributed by atoms with van der Waals surface area (Å²) >= 11 is 0. The molecule has 0 radical (unpaired) electrons. The third-order valence-electron chi connectivity index (χ3n) is 2.75. The molecule has 1 heterocycles. The van der Waals surface area contributed by atoms with E-state index in [0.29, 0.717) is 5.69 Å². The summed E-state index contributed by atoms with van der Waals surface area (Å²) in [5.41, 5.74) is 2.23. The van der Waals surface area contributed by atoms with Gasteiger partial charge in [-0.1, -0.05) is 24.3 Å². The molecule has 6 heteroatoms. The Bertz CT molecular complexity index is 611. The molecule has 1 N–H and O–H groups in total. The second kappa shape index (κ2) is 6.12. The number of aryl methyl sites for hydroxylation is 1. The lowest BCUT2D eigenvalue weighted by molar-refractivity contribution is -0.390. The molecule has 0 unspecified atom stereocenters. The highest BCUT2D eigenvalue weighted by Crippen LogP contribution is 2.25. The van der Waals surface area contributed by atoms with Crippen molar-refractivity contribution in [1.82, 2.24) is 4.98 Å². The highest BCUT2D eigenvalue weighted by atomic mass is 16.6. The molecule has 2 rings (SSSR count). The molecular weight excluding hydrogens is 260 g/mol. The van der Waals surface area contributed by atoms with Crippen molar-refractivity contribution in [1.29, 1.82) is 0 Å². The third kappa shape index (κ3) is 3.30. The van der Waals surface area contributed by atoms with Crippen LogP contribution >= 0.6 is 0 Å². The predicted molar refractivity (Wildman–Crippen MR) is 72.3 cm³/mol. The molecule has 104 valence electrons. The Hall–Kier alpha value is -2.47. The number of hydrogen-bond donors (Lipinski definition) is 1. The molecule has 0 saturated carbocycles. The summed E-state index contributed by atoms with van der Waals surface area (Å²) in [5.74, 6) is -0.135. The smallest absolute Gasteiger partial charge is 0.406 e. The van der Waals surface area contributed by atoms with E-state index in [1.807, 2.05) is 0 Å². The summed E-state index contributed by atoms with van der Waals surface area (Å²) in [4.78, 5) is 14.2. The molecule has 0 spiro atoms. The summed E-state index contributed by atoms with van der Waals surface area (Å²) < 4.78 is 5.45. The molecule has 2 aromatic rings. The van der Waals surface area contributed by atoms with Gasteiger partial charge in [0.15, 0.2) is 0 Å². The molecule has 1 aromatic carbocycles. The summed E-state index contributed by atoms with van der Waals surface area (Å²) in [6.07, 6.45) is 0. The number of rotatable bonds is 5. The molecule has 20 heavy (non-hydrogen) atoms. The Balaban J connectivity index is 2.12. The molecule has 0 aliphatic rings. The van der Waals surface area contributed by atoms with E-state index in [0.717, 1.165) is 11.1 Å². The second-order valence-electron chi connectivity index (χ2n) is 4.29. The fraction of sp³-hybridized carbons (Fsp3) is 0.214. The average Bonchev–Trinajstić information content (AvgIpc) is 2.46. The van der Waals surface area contributed by atoms with E-state index in [1.54, 1.807) is 43.3 Å². The van der Waals surface area contributed by atoms with Gasteiger partial charge >= 0.3 is 5.82 Å². The van der Waals surface area contributed by atoms with Crippen molar-refractivity contribution in [2.24, 2.45) is 0 Å². The van der Waals surface area contributed by atoms with Crippen LogP contribution in [0.3, 0.4) is 0 Å². The second-order valence-corrected chi connectivity index (χ2v) is 4.29. The Kier molecular flexibility index (Phi) is 4.27. The van der Waals surface area contributed by atoms with Crippen LogP contribution in [0.1, 0.15) is 16.8 Å². The topological polar surface area (TPSA) is 85.5 Å². The van der Waals surface area contributed by atoms with Crippen molar-refractivity contribution in [3.05, 3.63) is 63.3 Å². The SMILES string of the molecule is Cc1ccc(OCc2ccc(CO)cc2)c([N+](=O)[O-])n1. The fourth-order valence-electron chi connectivity index (χ4n) is 1.68. The largest absolute Gasteiger partial charge is 0.481 e. The minimum Gasteiger partial charge on any atom is -0.481 e. The highest BCUT2D eigenvalue weighted by molar-refractivity contribution is 5.40. The number of nitrogens with zero attached hydrogens (tertiary/aromatic N) is 2. The zero-order valence-corrected chi connectivity index (χ0v) is 10.9. The summed E-state index contributed by atoms with van der Waals surface area (Å²) in [7, 11) is 0. The van der Waals surface area contributed by atoms with Gasteiger partial charge in [-0.15, -0.1) is 0 Å².